The number of aromatic nitrogens is 2. The van der Waals surface area contributed by atoms with E-state index in [9.17, 15) is 14.4 Å². The quantitative estimate of drug-likeness (QED) is 0.406. The molecule has 0 saturated carbocycles. The van der Waals surface area contributed by atoms with Crippen molar-refractivity contribution in [3.8, 4) is 0 Å². The van der Waals surface area contributed by atoms with Gasteiger partial charge in [-0.25, -0.2) is 4.98 Å². The molecule has 5 heterocycles. The van der Waals surface area contributed by atoms with E-state index >= 15 is 0 Å². The lowest BCUT2D eigenvalue weighted by molar-refractivity contribution is -0.119. The fraction of sp³-hybridized carbons (Fsp3) is 0.400. The van der Waals surface area contributed by atoms with Gasteiger partial charge in [0.15, 0.2) is 0 Å². The zero-order chi connectivity index (χ0) is 31.1. The van der Waals surface area contributed by atoms with Crippen molar-refractivity contribution < 1.29 is 19.1 Å². The molecule has 3 aromatic rings. The maximum atomic E-state index is 13.8. The molecule has 10 nitrogen and oxygen atoms in total. The summed E-state index contributed by atoms with van der Waals surface area (Å²) < 4.78 is 5.89. The molecule has 7 rings (SSSR count). The van der Waals surface area contributed by atoms with Gasteiger partial charge in [0, 0.05) is 68.6 Å². The van der Waals surface area contributed by atoms with Crippen LogP contribution in [0.3, 0.4) is 0 Å². The molecule has 3 aliphatic heterocycles. The Labute approximate surface area is 262 Å². The van der Waals surface area contributed by atoms with E-state index in [4.69, 9.17) is 4.74 Å². The first-order valence-electron chi connectivity index (χ1n) is 15.7. The topological polar surface area (TPSA) is 117 Å². The molecule has 232 valence electrons. The zero-order valence-electron chi connectivity index (χ0n) is 25.7. The van der Waals surface area contributed by atoms with Gasteiger partial charge in [-0.05, 0) is 49.2 Å². The van der Waals surface area contributed by atoms with Crippen molar-refractivity contribution in [1.29, 1.82) is 0 Å². The monoisotopic (exact) mass is 606 g/mol. The van der Waals surface area contributed by atoms with E-state index in [0.29, 0.717) is 41.8 Å². The van der Waals surface area contributed by atoms with Crippen molar-refractivity contribution in [2.45, 2.75) is 43.2 Å². The van der Waals surface area contributed by atoms with E-state index < -0.39 is 11.3 Å². The summed E-state index contributed by atoms with van der Waals surface area (Å²) in [7, 11) is 2.11. The van der Waals surface area contributed by atoms with E-state index in [-0.39, 0.29) is 35.8 Å². The molecule has 1 aliphatic carbocycles. The maximum Gasteiger partial charge on any atom is 0.253 e. The van der Waals surface area contributed by atoms with Crippen LogP contribution in [0.15, 0.2) is 60.9 Å². The average Bonchev–Trinajstić information content (AvgIpc) is 3.50. The first kappa shape index (κ1) is 29.5. The Morgan fingerprint density at radius 3 is 2.71 bits per heavy atom. The summed E-state index contributed by atoms with van der Waals surface area (Å²) in [6.45, 7) is 6.58. The number of hydrogen-bond donors (Lipinski definition) is 2. The summed E-state index contributed by atoms with van der Waals surface area (Å²) >= 11 is 0. The smallest absolute Gasteiger partial charge is 0.253 e. The number of nitrogens with zero attached hydrogens (tertiary/aromatic N) is 4. The Hall–Kier alpha value is -4.25. The molecule has 1 spiro atoms. The number of nitrogens with one attached hydrogen (secondary N) is 2. The highest BCUT2D eigenvalue weighted by atomic mass is 16.5. The minimum absolute atomic E-state index is 0.0737. The van der Waals surface area contributed by atoms with Crippen molar-refractivity contribution in [2.75, 3.05) is 51.8 Å². The largest absolute Gasteiger partial charge is 0.376 e. The summed E-state index contributed by atoms with van der Waals surface area (Å²) in [5, 5.41) is 6.09. The first-order chi connectivity index (χ1) is 21.8. The fourth-order valence-corrected chi connectivity index (χ4v) is 7.31. The number of hydrogen-bond acceptors (Lipinski definition) is 8. The zero-order valence-corrected chi connectivity index (χ0v) is 25.7. The van der Waals surface area contributed by atoms with Crippen LogP contribution in [0, 0.1) is 0 Å². The fourth-order valence-electron chi connectivity index (χ4n) is 7.31. The number of rotatable bonds is 1. The molecule has 2 aromatic heterocycles. The molecule has 2 amide bonds. The van der Waals surface area contributed by atoms with E-state index in [2.05, 4.69) is 68.6 Å². The molecule has 7 bridgehead atoms. The first-order valence-corrected chi connectivity index (χ1v) is 15.7. The predicted molar refractivity (Wildman–Crippen MR) is 170 cm³/mol. The van der Waals surface area contributed by atoms with Crippen LogP contribution in [-0.2, 0) is 21.4 Å². The third-order valence-corrected chi connectivity index (χ3v) is 9.90. The molecule has 4 aliphatic rings. The van der Waals surface area contributed by atoms with E-state index in [0.717, 1.165) is 38.2 Å². The molecular formula is C35H38N6O4. The summed E-state index contributed by atoms with van der Waals surface area (Å²) in [6.07, 6.45) is 7.89. The summed E-state index contributed by atoms with van der Waals surface area (Å²) in [5.74, 6) is -0.366. The van der Waals surface area contributed by atoms with Gasteiger partial charge in [0.25, 0.3) is 5.91 Å². The van der Waals surface area contributed by atoms with Crippen LogP contribution in [0.25, 0.3) is 6.08 Å². The highest BCUT2D eigenvalue weighted by Crippen LogP contribution is 2.46. The third-order valence-electron chi connectivity index (χ3n) is 9.90. The number of fused-ring (bicyclic) bond motifs is 4. The van der Waals surface area contributed by atoms with Gasteiger partial charge in [-0.3, -0.25) is 24.3 Å². The summed E-state index contributed by atoms with van der Waals surface area (Å²) in [6, 6.07) is 14.3. The normalized spacial score (nSPS) is 29.4. The molecule has 45 heavy (non-hydrogen) atoms. The molecule has 1 saturated heterocycles. The van der Waals surface area contributed by atoms with Gasteiger partial charge in [0.05, 0.1) is 18.8 Å². The van der Waals surface area contributed by atoms with Crippen molar-refractivity contribution >= 4 is 29.5 Å². The number of anilines is 1. The number of pyridine rings is 2. The lowest BCUT2D eigenvalue weighted by Crippen LogP contribution is -2.55. The average molecular weight is 607 g/mol. The van der Waals surface area contributed by atoms with Crippen LogP contribution in [0.5, 0.6) is 0 Å². The number of carbonyl (C=O) groups is 3. The van der Waals surface area contributed by atoms with E-state index in [1.807, 2.05) is 24.3 Å². The Bertz CT molecular complexity index is 1680. The Kier molecular flexibility index (Phi) is 7.81. The molecule has 4 unspecified atom stereocenters. The second kappa shape index (κ2) is 11.9. The molecule has 1 fully saturated rings. The minimum atomic E-state index is -1.45. The summed E-state index contributed by atoms with van der Waals surface area (Å²) in [4.78, 5) is 54.6. The number of carbonyl (C=O) groups excluding carboxylic acids is 3. The molecule has 1 aromatic carbocycles. The lowest BCUT2D eigenvalue weighted by atomic mass is 9.78. The van der Waals surface area contributed by atoms with Crippen LogP contribution in [-0.4, -0.2) is 95.9 Å². The summed E-state index contributed by atoms with van der Waals surface area (Å²) in [5.41, 5.74) is 2.34. The van der Waals surface area contributed by atoms with E-state index in [1.165, 1.54) is 11.8 Å². The van der Waals surface area contributed by atoms with Gasteiger partial charge in [-0.1, -0.05) is 42.5 Å². The van der Waals surface area contributed by atoms with Crippen LogP contribution in [0.1, 0.15) is 62.4 Å². The SMILES string of the molecule is CC1C(c2ccccc2)CC2CN1CCN(C)CCOC/C=C\c1cnc3c(c1)[C@]1(Cc4cc(cnc4C1=O)C(=O)N2)C(=O)N3. The van der Waals surface area contributed by atoms with Crippen LogP contribution >= 0.6 is 0 Å². The standard InChI is InChI=1S/C35H38N6O4/c1-22-28(24-8-4-3-5-9-24)17-27-21-41(22)11-10-40(2)12-14-45-13-6-7-23-15-29-32(37-19-23)39-34(44)35(29)18-25-16-26(33(43)38-27)20-36-30(25)31(35)42/h3-9,15-16,19-20,22,27-28H,10-14,17-18,21H2,1-2H3,(H,38,43)(H,37,39,44)/b7-6-/t22?,27?,28?,35-/m0/s1. The Morgan fingerprint density at radius 1 is 1.02 bits per heavy atom. The highest BCUT2D eigenvalue weighted by molar-refractivity contribution is 6.27. The third kappa shape index (κ3) is 5.37. The second-order valence-corrected chi connectivity index (χ2v) is 12.7. The number of benzene rings is 1. The van der Waals surface area contributed by atoms with Crippen LogP contribution in [0.4, 0.5) is 5.82 Å². The Balaban J connectivity index is 1.22. The van der Waals surface area contributed by atoms with Gasteiger partial charge in [0.2, 0.25) is 11.7 Å². The predicted octanol–water partition coefficient (Wildman–Crippen LogP) is 3.06. The van der Waals surface area contributed by atoms with Crippen molar-refractivity contribution in [2.24, 2.45) is 0 Å². The molecular weight excluding hydrogens is 568 g/mol. The van der Waals surface area contributed by atoms with Crippen molar-refractivity contribution in [1.82, 2.24) is 25.1 Å². The minimum Gasteiger partial charge on any atom is -0.376 e. The molecule has 5 atom stereocenters. The van der Waals surface area contributed by atoms with Crippen LogP contribution < -0.4 is 10.6 Å². The maximum absolute atomic E-state index is 13.8. The Morgan fingerprint density at radius 2 is 1.87 bits per heavy atom. The lowest BCUT2D eigenvalue weighted by Gasteiger charge is -2.44. The van der Waals surface area contributed by atoms with Gasteiger partial charge >= 0.3 is 0 Å². The highest BCUT2D eigenvalue weighted by Gasteiger charge is 2.58. The van der Waals surface area contributed by atoms with Crippen LogP contribution in [0.2, 0.25) is 0 Å². The van der Waals surface area contributed by atoms with Crippen molar-refractivity contribution in [3.05, 3.63) is 94.4 Å². The number of piperidine rings is 1. The number of likely N-dealkylation sites (N-methyl/N-ethyl adjacent to an activating group) is 1. The molecule has 0 radical (unpaired) electrons. The van der Waals surface area contributed by atoms with Gasteiger partial charge in [-0.15, -0.1) is 0 Å². The number of amides is 2. The van der Waals surface area contributed by atoms with E-state index in [1.54, 1.807) is 12.3 Å². The van der Waals surface area contributed by atoms with Crippen molar-refractivity contribution in [3.63, 3.8) is 0 Å². The number of ether oxygens (including phenoxy) is 1. The number of Topliss-reactive ketones (excluding diaryl/α,β-unsaturated/α-hetero) is 1. The number of ketones is 1. The molecule has 2 N–H and O–H groups in total. The van der Waals surface area contributed by atoms with Gasteiger partial charge < -0.3 is 20.3 Å². The van der Waals surface area contributed by atoms with Gasteiger partial charge in [0.1, 0.15) is 16.9 Å². The molecule has 10 heteroatoms. The second-order valence-electron chi connectivity index (χ2n) is 12.7. The van der Waals surface area contributed by atoms with Gasteiger partial charge in [-0.2, -0.15) is 0 Å².